The minimum atomic E-state index is -1.44. The molecule has 0 fully saturated rings. The van der Waals surface area contributed by atoms with Gasteiger partial charge in [0.2, 0.25) is 0 Å². The lowest BCUT2D eigenvalue weighted by molar-refractivity contribution is -0.143. The number of benzene rings is 2. The van der Waals surface area contributed by atoms with Crippen molar-refractivity contribution in [1.82, 2.24) is 5.32 Å². The van der Waals surface area contributed by atoms with Crippen molar-refractivity contribution in [2.45, 2.75) is 6.04 Å². The van der Waals surface area contributed by atoms with Gasteiger partial charge in [-0.1, -0.05) is 18.2 Å². The monoisotopic (exact) mass is 305 g/mol. The number of nitrogens with one attached hydrogen (secondary N) is 1. The highest BCUT2D eigenvalue weighted by atomic mass is 19.1. The zero-order valence-corrected chi connectivity index (χ0v) is 11.7. The van der Waals surface area contributed by atoms with E-state index in [-0.39, 0.29) is 11.1 Å². The van der Waals surface area contributed by atoms with Crippen LogP contribution in [0, 0.1) is 11.6 Å². The summed E-state index contributed by atoms with van der Waals surface area (Å²) in [6, 6.07) is 9.30. The molecule has 22 heavy (non-hydrogen) atoms. The van der Waals surface area contributed by atoms with Crippen LogP contribution in [-0.4, -0.2) is 19.0 Å². The van der Waals surface area contributed by atoms with E-state index in [1.807, 2.05) is 0 Å². The third-order valence-corrected chi connectivity index (χ3v) is 3.02. The number of methoxy groups -OCH3 is 1. The maximum absolute atomic E-state index is 13.8. The van der Waals surface area contributed by atoms with Crippen molar-refractivity contribution in [1.29, 1.82) is 0 Å². The lowest BCUT2D eigenvalue weighted by atomic mass is 10.1. The van der Waals surface area contributed by atoms with Crippen molar-refractivity contribution < 1.29 is 23.1 Å². The molecule has 1 N–H and O–H groups in total. The summed E-state index contributed by atoms with van der Waals surface area (Å²) in [7, 11) is 1.10. The van der Waals surface area contributed by atoms with Gasteiger partial charge in [0, 0.05) is 11.1 Å². The van der Waals surface area contributed by atoms with Gasteiger partial charge in [0.05, 0.1) is 7.11 Å². The van der Waals surface area contributed by atoms with Crippen LogP contribution in [0.4, 0.5) is 8.78 Å². The number of carbonyl (C=O) groups excluding carboxylic acids is 2. The second-order valence-electron chi connectivity index (χ2n) is 4.46. The first-order valence-electron chi connectivity index (χ1n) is 6.41. The number of ether oxygens (including phenoxy) is 1. The van der Waals surface area contributed by atoms with Gasteiger partial charge in [-0.2, -0.15) is 0 Å². The van der Waals surface area contributed by atoms with E-state index >= 15 is 0 Å². The van der Waals surface area contributed by atoms with Crippen LogP contribution in [-0.2, 0) is 9.53 Å². The third kappa shape index (κ3) is 3.46. The van der Waals surface area contributed by atoms with Crippen LogP contribution in [0.25, 0.3) is 0 Å². The fourth-order valence-electron chi connectivity index (χ4n) is 1.92. The molecule has 1 unspecified atom stereocenters. The predicted molar refractivity (Wildman–Crippen MR) is 75.0 cm³/mol. The summed E-state index contributed by atoms with van der Waals surface area (Å²) in [6.45, 7) is 0. The number of rotatable bonds is 4. The zero-order chi connectivity index (χ0) is 16.1. The van der Waals surface area contributed by atoms with Gasteiger partial charge < -0.3 is 10.1 Å². The quantitative estimate of drug-likeness (QED) is 0.883. The first-order valence-corrected chi connectivity index (χ1v) is 6.41. The highest BCUT2D eigenvalue weighted by molar-refractivity contribution is 5.97. The SMILES string of the molecule is COC(=O)C(NC(=O)c1ccccc1)c1cc(F)ccc1F. The maximum atomic E-state index is 13.8. The molecule has 0 aromatic heterocycles. The zero-order valence-electron chi connectivity index (χ0n) is 11.7. The molecule has 0 aliphatic heterocycles. The minimum Gasteiger partial charge on any atom is -0.467 e. The van der Waals surface area contributed by atoms with E-state index in [1.54, 1.807) is 18.2 Å². The number of amides is 1. The Morgan fingerprint density at radius 2 is 1.77 bits per heavy atom. The molecule has 1 atom stereocenters. The molecule has 0 aliphatic rings. The second kappa shape index (κ2) is 6.80. The largest absolute Gasteiger partial charge is 0.467 e. The van der Waals surface area contributed by atoms with Crippen LogP contribution in [0.3, 0.4) is 0 Å². The first-order chi connectivity index (χ1) is 10.5. The third-order valence-electron chi connectivity index (χ3n) is 3.02. The van der Waals surface area contributed by atoms with Gasteiger partial charge in [0.15, 0.2) is 6.04 Å². The van der Waals surface area contributed by atoms with E-state index in [9.17, 15) is 18.4 Å². The number of hydrogen-bond donors (Lipinski definition) is 1. The van der Waals surface area contributed by atoms with Crippen LogP contribution in [0.5, 0.6) is 0 Å². The molecule has 0 radical (unpaired) electrons. The van der Waals surface area contributed by atoms with Gasteiger partial charge in [-0.3, -0.25) is 4.79 Å². The van der Waals surface area contributed by atoms with E-state index in [2.05, 4.69) is 10.1 Å². The van der Waals surface area contributed by atoms with Crippen LogP contribution in [0.2, 0.25) is 0 Å². The van der Waals surface area contributed by atoms with Gasteiger partial charge in [-0.25, -0.2) is 13.6 Å². The van der Waals surface area contributed by atoms with Crippen molar-refractivity contribution in [3.63, 3.8) is 0 Å². The predicted octanol–water partition coefficient (Wildman–Crippen LogP) is 2.61. The molecule has 4 nitrogen and oxygen atoms in total. The molecule has 2 aromatic rings. The van der Waals surface area contributed by atoms with Crippen molar-refractivity contribution in [3.8, 4) is 0 Å². The highest BCUT2D eigenvalue weighted by Gasteiger charge is 2.27. The van der Waals surface area contributed by atoms with E-state index in [0.717, 1.165) is 25.3 Å². The number of carbonyl (C=O) groups is 2. The van der Waals surface area contributed by atoms with E-state index in [4.69, 9.17) is 0 Å². The van der Waals surface area contributed by atoms with Crippen molar-refractivity contribution in [2.75, 3.05) is 7.11 Å². The first kappa shape index (κ1) is 15.6. The average molecular weight is 305 g/mol. The fourth-order valence-corrected chi connectivity index (χ4v) is 1.92. The highest BCUT2D eigenvalue weighted by Crippen LogP contribution is 2.20. The Kier molecular flexibility index (Phi) is 4.83. The molecular weight excluding hydrogens is 292 g/mol. The topological polar surface area (TPSA) is 55.4 Å². The van der Waals surface area contributed by atoms with Crippen molar-refractivity contribution in [3.05, 3.63) is 71.3 Å². The average Bonchev–Trinajstić information content (AvgIpc) is 2.55. The summed E-state index contributed by atoms with van der Waals surface area (Å²) in [5.41, 5.74) is -0.00987. The molecule has 0 aliphatic carbocycles. The van der Waals surface area contributed by atoms with Crippen LogP contribution in [0.15, 0.2) is 48.5 Å². The normalized spacial score (nSPS) is 11.6. The van der Waals surface area contributed by atoms with Crippen molar-refractivity contribution in [2.24, 2.45) is 0 Å². The molecular formula is C16H13F2NO3. The number of hydrogen-bond acceptors (Lipinski definition) is 3. The van der Waals surface area contributed by atoms with Gasteiger partial charge in [-0.15, -0.1) is 0 Å². The van der Waals surface area contributed by atoms with E-state index < -0.39 is 29.6 Å². The summed E-state index contributed by atoms with van der Waals surface area (Å²) >= 11 is 0. The second-order valence-corrected chi connectivity index (χ2v) is 4.46. The van der Waals surface area contributed by atoms with Gasteiger partial charge in [0.25, 0.3) is 5.91 Å². The standard InChI is InChI=1S/C16H13F2NO3/c1-22-16(21)14(12-9-11(17)7-8-13(12)18)19-15(20)10-5-3-2-4-6-10/h2-9,14H,1H3,(H,19,20). The Labute approximate surface area is 125 Å². The molecule has 1 amide bonds. The lowest BCUT2D eigenvalue weighted by Gasteiger charge is -2.17. The van der Waals surface area contributed by atoms with E-state index in [0.29, 0.717) is 0 Å². The molecule has 0 heterocycles. The molecule has 0 saturated carbocycles. The molecule has 2 rings (SSSR count). The smallest absolute Gasteiger partial charge is 0.333 e. The summed E-state index contributed by atoms with van der Waals surface area (Å²) in [5.74, 6) is -3.03. The Hall–Kier alpha value is -2.76. The van der Waals surface area contributed by atoms with Gasteiger partial charge in [0.1, 0.15) is 11.6 Å². The van der Waals surface area contributed by atoms with Crippen LogP contribution >= 0.6 is 0 Å². The summed E-state index contributed by atoms with van der Waals surface area (Å²) in [4.78, 5) is 23.9. The maximum Gasteiger partial charge on any atom is 0.333 e. The molecule has 2 aromatic carbocycles. The summed E-state index contributed by atoms with van der Waals surface area (Å²) in [6.07, 6.45) is 0. The number of esters is 1. The minimum absolute atomic E-state index is 0.285. The lowest BCUT2D eigenvalue weighted by Crippen LogP contribution is -2.35. The molecule has 0 saturated heterocycles. The molecule has 114 valence electrons. The number of halogens is 2. The van der Waals surface area contributed by atoms with Gasteiger partial charge >= 0.3 is 5.97 Å². The Balaban J connectivity index is 2.33. The van der Waals surface area contributed by atoms with Crippen LogP contribution < -0.4 is 5.32 Å². The van der Waals surface area contributed by atoms with E-state index in [1.165, 1.54) is 12.1 Å². The summed E-state index contributed by atoms with van der Waals surface area (Å²) in [5, 5.41) is 2.35. The van der Waals surface area contributed by atoms with Crippen LogP contribution in [0.1, 0.15) is 22.0 Å². The Morgan fingerprint density at radius 3 is 2.41 bits per heavy atom. The fraction of sp³-hybridized carbons (Fsp3) is 0.125. The molecule has 6 heteroatoms. The van der Waals surface area contributed by atoms with Gasteiger partial charge in [-0.05, 0) is 30.3 Å². The molecule has 0 bridgehead atoms. The Morgan fingerprint density at radius 1 is 1.09 bits per heavy atom. The van der Waals surface area contributed by atoms with Crippen molar-refractivity contribution >= 4 is 11.9 Å². The molecule has 0 spiro atoms. The Bertz CT molecular complexity index is 689. The summed E-state index contributed by atoms with van der Waals surface area (Å²) < 4.78 is 31.7.